The molecule has 2 N–H and O–H groups in total. The van der Waals surface area contributed by atoms with E-state index in [1.54, 1.807) is 23.1 Å². The predicted molar refractivity (Wildman–Crippen MR) is 85.2 cm³/mol. The van der Waals surface area contributed by atoms with E-state index in [2.05, 4.69) is 0 Å². The first-order valence-electron chi connectivity index (χ1n) is 7.43. The Bertz CT molecular complexity index is 742. The van der Waals surface area contributed by atoms with Gasteiger partial charge in [-0.05, 0) is 23.6 Å². The Hall–Kier alpha value is -2.82. The lowest BCUT2D eigenvalue weighted by molar-refractivity contribution is -0.140. The van der Waals surface area contributed by atoms with Crippen LogP contribution in [0.5, 0.6) is 5.75 Å². The number of amides is 1. The second kappa shape index (κ2) is 6.12. The van der Waals surface area contributed by atoms with Crippen LogP contribution in [0, 0.1) is 5.92 Å². The maximum atomic E-state index is 12.7. The Balaban J connectivity index is 1.98. The molecule has 1 unspecified atom stereocenters. The zero-order valence-electron chi connectivity index (χ0n) is 12.5. The molecule has 0 bridgehead atoms. The number of carbonyl (C=O) groups is 2. The largest absolute Gasteiger partial charge is 0.508 e. The maximum absolute atomic E-state index is 12.7. The first-order chi connectivity index (χ1) is 11.0. The van der Waals surface area contributed by atoms with Gasteiger partial charge in [0.05, 0.1) is 24.6 Å². The van der Waals surface area contributed by atoms with Crippen molar-refractivity contribution < 1.29 is 19.8 Å². The average molecular weight is 311 g/mol. The molecule has 1 amide bonds. The van der Waals surface area contributed by atoms with Gasteiger partial charge in [0, 0.05) is 6.07 Å². The van der Waals surface area contributed by atoms with Crippen molar-refractivity contribution >= 4 is 17.6 Å². The molecule has 5 nitrogen and oxygen atoms in total. The van der Waals surface area contributed by atoms with E-state index in [0.717, 1.165) is 11.1 Å². The number of benzene rings is 2. The van der Waals surface area contributed by atoms with Crippen LogP contribution in [0.1, 0.15) is 17.5 Å². The van der Waals surface area contributed by atoms with Gasteiger partial charge in [-0.2, -0.15) is 0 Å². The topological polar surface area (TPSA) is 77.8 Å². The first kappa shape index (κ1) is 15.1. The van der Waals surface area contributed by atoms with E-state index in [9.17, 15) is 14.7 Å². The lowest BCUT2D eigenvalue weighted by Crippen LogP contribution is -2.41. The van der Waals surface area contributed by atoms with Gasteiger partial charge in [-0.15, -0.1) is 0 Å². The van der Waals surface area contributed by atoms with E-state index in [0.29, 0.717) is 18.7 Å². The molecule has 3 rings (SSSR count). The van der Waals surface area contributed by atoms with Crippen molar-refractivity contribution in [2.24, 2.45) is 5.92 Å². The molecule has 1 aliphatic rings. The van der Waals surface area contributed by atoms with Crippen LogP contribution in [0.2, 0.25) is 0 Å². The maximum Gasteiger partial charge on any atom is 0.304 e. The number of rotatable bonds is 4. The standard InChI is InChI=1S/C18H17NO4/c20-15-7-6-13-8-14(9-17(21)22)18(23)19(16(13)10-15)11-12-4-2-1-3-5-12/h1-7,10,14,20H,8-9,11H2,(H,21,22). The Morgan fingerprint density at radius 2 is 1.91 bits per heavy atom. The molecule has 1 aliphatic heterocycles. The summed E-state index contributed by atoms with van der Waals surface area (Å²) in [6.07, 6.45) is 0.191. The van der Waals surface area contributed by atoms with Crippen LogP contribution < -0.4 is 4.90 Å². The number of carbonyl (C=O) groups excluding carboxylic acids is 1. The number of aliphatic carboxylic acids is 1. The fourth-order valence-electron chi connectivity index (χ4n) is 2.97. The fourth-order valence-corrected chi connectivity index (χ4v) is 2.97. The van der Waals surface area contributed by atoms with Crippen LogP contribution in [0.25, 0.3) is 0 Å². The summed E-state index contributed by atoms with van der Waals surface area (Å²) >= 11 is 0. The zero-order valence-corrected chi connectivity index (χ0v) is 12.5. The summed E-state index contributed by atoms with van der Waals surface area (Å²) in [6.45, 7) is 0.353. The zero-order chi connectivity index (χ0) is 16.4. The van der Waals surface area contributed by atoms with Crippen LogP contribution >= 0.6 is 0 Å². The fraction of sp³-hybridized carbons (Fsp3) is 0.222. The lowest BCUT2D eigenvalue weighted by atomic mass is 9.89. The van der Waals surface area contributed by atoms with Gasteiger partial charge in [0.1, 0.15) is 5.75 Å². The molecule has 0 fully saturated rings. The molecular formula is C18H17NO4. The van der Waals surface area contributed by atoms with Gasteiger partial charge >= 0.3 is 5.97 Å². The van der Waals surface area contributed by atoms with Crippen LogP contribution in [-0.4, -0.2) is 22.1 Å². The van der Waals surface area contributed by atoms with E-state index in [1.807, 2.05) is 30.3 Å². The van der Waals surface area contributed by atoms with Gasteiger partial charge in [0.2, 0.25) is 5.91 Å². The third kappa shape index (κ3) is 3.18. The molecule has 0 saturated carbocycles. The molecule has 0 aliphatic carbocycles. The molecule has 2 aromatic rings. The number of anilines is 1. The second-order valence-electron chi connectivity index (χ2n) is 5.72. The molecule has 5 heteroatoms. The third-order valence-electron chi connectivity index (χ3n) is 4.05. The summed E-state index contributed by atoms with van der Waals surface area (Å²) in [5.41, 5.74) is 2.48. The van der Waals surface area contributed by atoms with Crippen LogP contribution in [0.15, 0.2) is 48.5 Å². The monoisotopic (exact) mass is 311 g/mol. The number of phenolic OH excluding ortho intramolecular Hbond substituents is 1. The number of aromatic hydroxyl groups is 1. The van der Waals surface area contributed by atoms with Crippen molar-refractivity contribution in [1.29, 1.82) is 0 Å². The predicted octanol–water partition coefficient (Wildman–Crippen LogP) is 2.57. The van der Waals surface area contributed by atoms with Crippen molar-refractivity contribution in [3.8, 4) is 5.75 Å². The van der Waals surface area contributed by atoms with Crippen molar-refractivity contribution in [3.63, 3.8) is 0 Å². The number of nitrogens with zero attached hydrogens (tertiary/aromatic N) is 1. The minimum absolute atomic E-state index is 0.0892. The molecular weight excluding hydrogens is 294 g/mol. The van der Waals surface area contributed by atoms with Gasteiger partial charge in [-0.25, -0.2) is 0 Å². The normalized spacial score (nSPS) is 17.0. The summed E-state index contributed by atoms with van der Waals surface area (Å²) in [7, 11) is 0. The van der Waals surface area contributed by atoms with Gasteiger partial charge in [0.25, 0.3) is 0 Å². The molecule has 118 valence electrons. The van der Waals surface area contributed by atoms with Crippen LogP contribution in [0.3, 0.4) is 0 Å². The molecule has 0 aromatic heterocycles. The summed E-state index contributed by atoms with van der Waals surface area (Å²) in [5.74, 6) is -1.68. The number of carboxylic acid groups (broad SMARTS) is 1. The summed E-state index contributed by atoms with van der Waals surface area (Å²) in [6, 6.07) is 14.4. The SMILES string of the molecule is O=C(O)CC1Cc2ccc(O)cc2N(Cc2ccccc2)C1=O. The minimum atomic E-state index is -0.981. The van der Waals surface area contributed by atoms with E-state index in [1.165, 1.54) is 0 Å². The third-order valence-corrected chi connectivity index (χ3v) is 4.05. The van der Waals surface area contributed by atoms with Gasteiger partial charge in [-0.3, -0.25) is 9.59 Å². The van der Waals surface area contributed by atoms with Crippen LogP contribution in [-0.2, 0) is 22.6 Å². The van der Waals surface area contributed by atoms with E-state index >= 15 is 0 Å². The van der Waals surface area contributed by atoms with E-state index < -0.39 is 11.9 Å². The van der Waals surface area contributed by atoms with E-state index in [-0.39, 0.29) is 18.1 Å². The molecule has 23 heavy (non-hydrogen) atoms. The molecule has 0 radical (unpaired) electrons. The number of fused-ring (bicyclic) bond motifs is 1. The highest BCUT2D eigenvalue weighted by Gasteiger charge is 2.34. The number of hydrogen-bond acceptors (Lipinski definition) is 3. The summed E-state index contributed by atoms with van der Waals surface area (Å²) < 4.78 is 0. The first-order valence-corrected chi connectivity index (χ1v) is 7.43. The highest BCUT2D eigenvalue weighted by molar-refractivity contribution is 5.99. The highest BCUT2D eigenvalue weighted by atomic mass is 16.4. The van der Waals surface area contributed by atoms with Gasteiger partial charge in [-0.1, -0.05) is 36.4 Å². The Morgan fingerprint density at radius 3 is 2.61 bits per heavy atom. The van der Waals surface area contributed by atoms with Gasteiger partial charge < -0.3 is 15.1 Å². The average Bonchev–Trinajstić information content (AvgIpc) is 2.52. The Morgan fingerprint density at radius 1 is 1.17 bits per heavy atom. The molecule has 1 atom stereocenters. The Labute approximate surface area is 133 Å². The van der Waals surface area contributed by atoms with Crippen molar-refractivity contribution in [3.05, 3.63) is 59.7 Å². The highest BCUT2D eigenvalue weighted by Crippen LogP contribution is 2.35. The summed E-state index contributed by atoms with van der Waals surface area (Å²) in [5, 5.41) is 18.8. The number of carboxylic acids is 1. The van der Waals surface area contributed by atoms with Crippen LogP contribution in [0.4, 0.5) is 5.69 Å². The number of phenols is 1. The number of hydrogen-bond donors (Lipinski definition) is 2. The molecule has 2 aromatic carbocycles. The molecule has 0 spiro atoms. The van der Waals surface area contributed by atoms with Gasteiger partial charge in [0.15, 0.2) is 0 Å². The Kier molecular flexibility index (Phi) is 4.02. The quantitative estimate of drug-likeness (QED) is 0.909. The molecule has 1 heterocycles. The van der Waals surface area contributed by atoms with E-state index in [4.69, 9.17) is 5.11 Å². The molecule has 0 saturated heterocycles. The lowest BCUT2D eigenvalue weighted by Gasteiger charge is -2.34. The second-order valence-corrected chi connectivity index (χ2v) is 5.72. The van der Waals surface area contributed by atoms with Crippen molar-refractivity contribution in [1.82, 2.24) is 0 Å². The van der Waals surface area contributed by atoms with Crippen molar-refractivity contribution in [2.75, 3.05) is 4.90 Å². The summed E-state index contributed by atoms with van der Waals surface area (Å²) in [4.78, 5) is 25.3. The minimum Gasteiger partial charge on any atom is -0.508 e. The van der Waals surface area contributed by atoms with Crippen molar-refractivity contribution in [2.45, 2.75) is 19.4 Å². The smallest absolute Gasteiger partial charge is 0.304 e.